The van der Waals surface area contributed by atoms with Crippen LogP contribution >= 0.6 is 11.6 Å². The van der Waals surface area contributed by atoms with Crippen molar-refractivity contribution in [2.24, 2.45) is 14.1 Å². The van der Waals surface area contributed by atoms with Crippen molar-refractivity contribution in [3.05, 3.63) is 55.2 Å². The van der Waals surface area contributed by atoms with Gasteiger partial charge in [0.2, 0.25) is 5.95 Å². The highest BCUT2D eigenvalue weighted by Crippen LogP contribution is 2.35. The van der Waals surface area contributed by atoms with Crippen molar-refractivity contribution >= 4 is 28.7 Å². The molecule has 0 saturated heterocycles. The molecule has 0 atom stereocenters. The van der Waals surface area contributed by atoms with E-state index in [1.165, 1.54) is 22.2 Å². The largest absolute Gasteiger partial charge is 0.417 e. The smallest absolute Gasteiger partial charge is 0.396 e. The van der Waals surface area contributed by atoms with E-state index in [2.05, 4.69) is 10.3 Å². The van der Waals surface area contributed by atoms with Gasteiger partial charge in [0.1, 0.15) is 0 Å². The number of imidazole rings is 1. The summed E-state index contributed by atoms with van der Waals surface area (Å²) in [5.41, 5.74) is -1.69. The van der Waals surface area contributed by atoms with Gasteiger partial charge in [-0.2, -0.15) is 18.2 Å². The number of alkyl halides is 3. The fraction of sp³-hybridized carbons (Fsp3) is 0.389. The molecule has 0 saturated carbocycles. The third-order valence-electron chi connectivity index (χ3n) is 4.66. The first kappa shape index (κ1) is 21.9. The number of aliphatic hydroxyl groups excluding tert-OH is 1. The van der Waals surface area contributed by atoms with Crippen molar-refractivity contribution in [1.82, 2.24) is 18.7 Å². The average Bonchev–Trinajstić information content (AvgIpc) is 2.99. The average molecular weight is 446 g/mol. The maximum absolute atomic E-state index is 13.0. The molecule has 3 aromatic rings. The topological polar surface area (TPSA) is 94.1 Å². The number of fused-ring (bicyclic) bond motifs is 1. The second-order valence-electron chi connectivity index (χ2n) is 6.72. The molecule has 12 heteroatoms. The van der Waals surface area contributed by atoms with E-state index in [0.717, 1.165) is 16.7 Å². The fourth-order valence-electron chi connectivity index (χ4n) is 3.09. The lowest BCUT2D eigenvalue weighted by atomic mass is 10.1. The minimum atomic E-state index is -4.60. The molecular formula is C18H19ClF3N5O3. The Morgan fingerprint density at radius 3 is 2.50 bits per heavy atom. The lowest BCUT2D eigenvalue weighted by molar-refractivity contribution is -0.137. The Hall–Kier alpha value is -2.79. The van der Waals surface area contributed by atoms with Gasteiger partial charge in [0.05, 0.1) is 17.1 Å². The maximum atomic E-state index is 13.0. The van der Waals surface area contributed by atoms with E-state index in [1.807, 2.05) is 0 Å². The summed E-state index contributed by atoms with van der Waals surface area (Å²) in [5.74, 6) is 0.348. The Balaban J connectivity index is 2.07. The van der Waals surface area contributed by atoms with Gasteiger partial charge in [0.25, 0.3) is 5.56 Å². The number of hydrogen-bond donors (Lipinski definition) is 2. The van der Waals surface area contributed by atoms with Gasteiger partial charge in [0.15, 0.2) is 11.2 Å². The van der Waals surface area contributed by atoms with Crippen molar-refractivity contribution < 1.29 is 18.3 Å². The monoisotopic (exact) mass is 445 g/mol. The number of nitrogens with one attached hydrogen (secondary N) is 1. The molecule has 2 N–H and O–H groups in total. The first-order valence-corrected chi connectivity index (χ1v) is 9.30. The van der Waals surface area contributed by atoms with Gasteiger partial charge in [-0.1, -0.05) is 17.7 Å². The number of rotatable bonds is 6. The zero-order valence-electron chi connectivity index (χ0n) is 16.1. The third-order valence-corrected chi connectivity index (χ3v) is 4.97. The zero-order chi connectivity index (χ0) is 22.2. The number of aryl methyl sites for hydroxylation is 2. The molecule has 162 valence electrons. The van der Waals surface area contributed by atoms with Gasteiger partial charge < -0.3 is 15.0 Å². The zero-order valence-corrected chi connectivity index (χ0v) is 16.9. The summed E-state index contributed by atoms with van der Waals surface area (Å²) >= 11 is 5.74. The number of halogens is 4. The number of aromatic nitrogens is 4. The predicted octanol–water partition coefficient (Wildman–Crippen LogP) is 1.95. The van der Waals surface area contributed by atoms with Crippen molar-refractivity contribution in [1.29, 1.82) is 0 Å². The van der Waals surface area contributed by atoms with Gasteiger partial charge >= 0.3 is 11.9 Å². The van der Waals surface area contributed by atoms with Crippen LogP contribution in [0.1, 0.15) is 17.5 Å². The first-order chi connectivity index (χ1) is 14.1. The Morgan fingerprint density at radius 1 is 1.20 bits per heavy atom. The molecule has 0 aliphatic carbocycles. The Bertz CT molecular complexity index is 1210. The van der Waals surface area contributed by atoms with Crippen molar-refractivity contribution in [2.45, 2.75) is 19.1 Å². The summed E-state index contributed by atoms with van der Waals surface area (Å²) in [6.45, 7) is 0.148. The molecule has 0 spiro atoms. The summed E-state index contributed by atoms with van der Waals surface area (Å²) in [7, 11) is 3.05. The minimum Gasteiger partial charge on any atom is -0.396 e. The summed E-state index contributed by atoms with van der Waals surface area (Å²) < 4.78 is 42.3. The summed E-state index contributed by atoms with van der Waals surface area (Å²) in [4.78, 5) is 30.0. The van der Waals surface area contributed by atoms with Crippen molar-refractivity contribution in [3.63, 3.8) is 0 Å². The normalized spacial score (nSPS) is 12.0. The highest BCUT2D eigenvalue weighted by molar-refractivity contribution is 6.31. The van der Waals surface area contributed by atoms with Gasteiger partial charge in [-0.05, 0) is 24.1 Å². The van der Waals surface area contributed by atoms with Crippen LogP contribution < -0.4 is 16.6 Å². The van der Waals surface area contributed by atoms with E-state index < -0.39 is 28.0 Å². The molecule has 0 aliphatic rings. The van der Waals surface area contributed by atoms with E-state index in [4.69, 9.17) is 16.7 Å². The van der Waals surface area contributed by atoms with Crippen LogP contribution in [0, 0.1) is 0 Å². The number of benzene rings is 1. The molecule has 3 rings (SSSR count). The molecule has 2 heterocycles. The fourth-order valence-corrected chi connectivity index (χ4v) is 3.40. The maximum Gasteiger partial charge on any atom is 0.417 e. The van der Waals surface area contributed by atoms with Crippen LogP contribution in [-0.4, -0.2) is 36.9 Å². The minimum absolute atomic E-state index is 0.0159. The molecular weight excluding hydrogens is 427 g/mol. The van der Waals surface area contributed by atoms with E-state index in [1.54, 1.807) is 7.05 Å². The molecule has 0 radical (unpaired) electrons. The quantitative estimate of drug-likeness (QED) is 0.566. The number of aliphatic hydroxyl groups is 1. The second-order valence-corrected chi connectivity index (χ2v) is 7.12. The highest BCUT2D eigenvalue weighted by atomic mass is 35.5. The van der Waals surface area contributed by atoms with Crippen LogP contribution in [0.2, 0.25) is 5.02 Å². The van der Waals surface area contributed by atoms with E-state index in [9.17, 15) is 22.8 Å². The van der Waals surface area contributed by atoms with Gasteiger partial charge in [-0.3, -0.25) is 13.9 Å². The Labute approximate surface area is 173 Å². The van der Waals surface area contributed by atoms with Crippen LogP contribution in [0.4, 0.5) is 19.1 Å². The van der Waals surface area contributed by atoms with Gasteiger partial charge in [-0.25, -0.2) is 4.79 Å². The van der Waals surface area contributed by atoms with Crippen molar-refractivity contribution in [3.8, 4) is 0 Å². The molecule has 2 aromatic heterocycles. The SMILES string of the molecule is Cn1c(NCCCO)nc2c1c(=O)n(Cc1ccc(C(F)(F)F)c(Cl)c1)c(=O)n2C. The first-order valence-electron chi connectivity index (χ1n) is 8.93. The third kappa shape index (κ3) is 3.94. The van der Waals surface area contributed by atoms with Gasteiger partial charge in [0, 0.05) is 27.2 Å². The molecule has 0 bridgehead atoms. The Morgan fingerprint density at radius 2 is 1.90 bits per heavy atom. The lowest BCUT2D eigenvalue weighted by Gasteiger charge is -2.12. The molecule has 0 amide bonds. The van der Waals surface area contributed by atoms with Gasteiger partial charge in [-0.15, -0.1) is 0 Å². The van der Waals surface area contributed by atoms with E-state index >= 15 is 0 Å². The molecule has 0 aliphatic heterocycles. The van der Waals surface area contributed by atoms with Crippen LogP contribution in [0.3, 0.4) is 0 Å². The van der Waals surface area contributed by atoms with Crippen LogP contribution in [0.5, 0.6) is 0 Å². The van der Waals surface area contributed by atoms with Crippen LogP contribution in [0.15, 0.2) is 27.8 Å². The summed E-state index contributed by atoms with van der Waals surface area (Å²) in [6, 6.07) is 3.08. The molecule has 8 nitrogen and oxygen atoms in total. The number of anilines is 1. The molecule has 0 fully saturated rings. The van der Waals surface area contributed by atoms with Crippen LogP contribution in [-0.2, 0) is 26.8 Å². The van der Waals surface area contributed by atoms with Crippen LogP contribution in [0.25, 0.3) is 11.2 Å². The van der Waals surface area contributed by atoms with Crippen molar-refractivity contribution in [2.75, 3.05) is 18.5 Å². The van der Waals surface area contributed by atoms with E-state index in [0.29, 0.717) is 18.9 Å². The standard InChI is InChI=1S/C18H19ClF3N5O3/c1-25-13-14(24-16(25)23-6-3-7-28)26(2)17(30)27(15(13)29)9-10-4-5-11(12(19)8-10)18(20,21)22/h4-5,8,28H,3,6-7,9H2,1-2H3,(H,23,24). The number of hydrogen-bond acceptors (Lipinski definition) is 5. The Kier molecular flexibility index (Phi) is 5.95. The second kappa shape index (κ2) is 8.15. The molecule has 1 aromatic carbocycles. The number of nitrogens with zero attached hydrogens (tertiary/aromatic N) is 4. The predicted molar refractivity (Wildman–Crippen MR) is 106 cm³/mol. The lowest BCUT2D eigenvalue weighted by Crippen LogP contribution is -2.39. The molecule has 30 heavy (non-hydrogen) atoms. The molecule has 0 unspecified atom stereocenters. The van der Waals surface area contributed by atoms with E-state index in [-0.39, 0.29) is 29.9 Å². The summed E-state index contributed by atoms with van der Waals surface area (Å²) in [6.07, 6.45) is -4.13. The summed E-state index contributed by atoms with van der Waals surface area (Å²) in [5, 5.41) is 11.4. The highest BCUT2D eigenvalue weighted by Gasteiger charge is 2.33.